The van der Waals surface area contributed by atoms with Gasteiger partial charge in [-0.2, -0.15) is 0 Å². The number of nitrogens with zero attached hydrogens (tertiary/aromatic N) is 2. The van der Waals surface area contributed by atoms with Crippen molar-refractivity contribution in [3.63, 3.8) is 0 Å². The van der Waals surface area contributed by atoms with Crippen LogP contribution in [0.4, 0.5) is 0 Å². The number of ether oxygens (including phenoxy) is 1. The average molecular weight is 275 g/mol. The molecule has 0 radical (unpaired) electrons. The molecule has 2 N–H and O–H groups in total. The summed E-state index contributed by atoms with van der Waals surface area (Å²) >= 11 is 1.34. The first kappa shape index (κ1) is 14.8. The van der Waals surface area contributed by atoms with Crippen molar-refractivity contribution in [2.45, 2.75) is 38.1 Å². The Morgan fingerprint density at radius 1 is 1.61 bits per heavy atom. The third kappa shape index (κ3) is 3.88. The molecule has 0 spiro atoms. The van der Waals surface area contributed by atoms with E-state index in [1.165, 1.54) is 16.3 Å². The summed E-state index contributed by atoms with van der Waals surface area (Å²) in [6, 6.07) is 0. The molecule has 7 nitrogen and oxygen atoms in total. The van der Waals surface area contributed by atoms with Gasteiger partial charge in [-0.1, -0.05) is 11.8 Å². The van der Waals surface area contributed by atoms with Crippen LogP contribution in [0.1, 0.15) is 20.3 Å². The number of thioether (sulfide) groups is 1. The van der Waals surface area contributed by atoms with Crippen LogP contribution in [0.15, 0.2) is 9.95 Å². The van der Waals surface area contributed by atoms with Gasteiger partial charge in [-0.3, -0.25) is 4.57 Å². The molecule has 1 heterocycles. The van der Waals surface area contributed by atoms with Crippen molar-refractivity contribution in [2.75, 3.05) is 12.4 Å². The van der Waals surface area contributed by atoms with Gasteiger partial charge in [0, 0.05) is 18.9 Å². The van der Waals surface area contributed by atoms with E-state index in [1.54, 1.807) is 6.92 Å². The van der Waals surface area contributed by atoms with Gasteiger partial charge in [-0.25, -0.2) is 14.7 Å². The molecule has 0 aromatic carbocycles. The minimum atomic E-state index is -0.965. The zero-order valence-corrected chi connectivity index (χ0v) is 11.2. The van der Waals surface area contributed by atoms with Crippen LogP contribution < -0.4 is 5.69 Å². The third-order valence-corrected chi connectivity index (χ3v) is 3.30. The number of aromatic nitrogens is 3. The summed E-state index contributed by atoms with van der Waals surface area (Å²) in [5, 5.41) is 15.7. The minimum absolute atomic E-state index is 0.250. The highest BCUT2D eigenvalue weighted by molar-refractivity contribution is 7.99. The number of aliphatic carboxylic acids is 1. The molecule has 1 atom stereocenters. The van der Waals surface area contributed by atoms with Gasteiger partial charge in [-0.05, 0) is 20.3 Å². The fraction of sp³-hybridized carbons (Fsp3) is 0.700. The number of H-pyrrole nitrogens is 1. The molecule has 1 aromatic rings. The van der Waals surface area contributed by atoms with Crippen LogP contribution in [0.25, 0.3) is 0 Å². The van der Waals surface area contributed by atoms with Gasteiger partial charge >= 0.3 is 11.7 Å². The lowest BCUT2D eigenvalue weighted by Gasteiger charge is -2.11. The van der Waals surface area contributed by atoms with Crippen molar-refractivity contribution in [2.24, 2.45) is 0 Å². The molecule has 1 aromatic heterocycles. The normalized spacial score (nSPS) is 12.6. The van der Waals surface area contributed by atoms with Crippen molar-refractivity contribution < 1.29 is 14.6 Å². The van der Waals surface area contributed by atoms with Crippen LogP contribution in [0.3, 0.4) is 0 Å². The van der Waals surface area contributed by atoms with E-state index in [1.807, 2.05) is 6.92 Å². The molecule has 0 aliphatic heterocycles. The quantitative estimate of drug-likeness (QED) is 0.673. The number of nitrogens with one attached hydrogen (secondary N) is 1. The average Bonchev–Trinajstić information content (AvgIpc) is 2.68. The van der Waals surface area contributed by atoms with Crippen molar-refractivity contribution in [3.05, 3.63) is 10.5 Å². The van der Waals surface area contributed by atoms with E-state index in [-0.39, 0.29) is 5.69 Å². The van der Waals surface area contributed by atoms with Crippen molar-refractivity contribution in [1.29, 1.82) is 0 Å². The number of hydrogen-bond donors (Lipinski definition) is 2. The smallest absolute Gasteiger partial charge is 0.343 e. The van der Waals surface area contributed by atoms with Crippen molar-refractivity contribution >= 4 is 17.7 Å². The topological polar surface area (TPSA) is 97.2 Å². The van der Waals surface area contributed by atoms with Gasteiger partial charge in [0.15, 0.2) is 11.3 Å². The number of aromatic amines is 1. The van der Waals surface area contributed by atoms with E-state index in [4.69, 9.17) is 9.84 Å². The van der Waals surface area contributed by atoms with Crippen LogP contribution in [-0.4, -0.2) is 44.3 Å². The zero-order chi connectivity index (χ0) is 13.5. The van der Waals surface area contributed by atoms with Crippen molar-refractivity contribution in [3.8, 4) is 0 Å². The first-order chi connectivity index (χ1) is 8.60. The van der Waals surface area contributed by atoms with Crippen LogP contribution in [-0.2, 0) is 16.1 Å². The molecular formula is C10H17N3O4S. The molecule has 102 valence electrons. The molecule has 0 bridgehead atoms. The van der Waals surface area contributed by atoms with Crippen molar-refractivity contribution in [1.82, 2.24) is 14.8 Å². The number of carbonyl (C=O) groups is 1. The van der Waals surface area contributed by atoms with E-state index >= 15 is 0 Å². The molecule has 0 aliphatic rings. The number of rotatable bonds is 8. The summed E-state index contributed by atoms with van der Waals surface area (Å²) in [5.41, 5.74) is -0.250. The van der Waals surface area contributed by atoms with E-state index in [9.17, 15) is 9.59 Å². The fourth-order valence-corrected chi connectivity index (χ4v) is 2.42. The number of hydrogen-bond acceptors (Lipinski definition) is 5. The Morgan fingerprint density at radius 2 is 2.33 bits per heavy atom. The van der Waals surface area contributed by atoms with Crippen LogP contribution in [0, 0.1) is 0 Å². The summed E-state index contributed by atoms with van der Waals surface area (Å²) < 4.78 is 6.59. The van der Waals surface area contributed by atoms with E-state index in [0.29, 0.717) is 30.5 Å². The Morgan fingerprint density at radius 3 is 2.89 bits per heavy atom. The second-order valence-corrected chi connectivity index (χ2v) is 4.54. The molecule has 1 rings (SSSR count). The van der Waals surface area contributed by atoms with Gasteiger partial charge in [0.2, 0.25) is 0 Å². The van der Waals surface area contributed by atoms with E-state index in [2.05, 4.69) is 10.2 Å². The summed E-state index contributed by atoms with van der Waals surface area (Å²) in [5.74, 6) is -0.436. The molecule has 0 aliphatic carbocycles. The third-order valence-electron chi connectivity index (χ3n) is 2.29. The predicted molar refractivity (Wildman–Crippen MR) is 66.9 cm³/mol. The molecule has 0 saturated heterocycles. The summed E-state index contributed by atoms with van der Waals surface area (Å²) in [6.07, 6.45) is -0.429. The number of carboxylic acids is 1. The Labute approximate surface area is 109 Å². The summed E-state index contributed by atoms with van der Waals surface area (Å²) in [4.78, 5) is 22.1. The van der Waals surface area contributed by atoms with Gasteiger partial charge in [0.05, 0.1) is 0 Å². The highest BCUT2D eigenvalue weighted by atomic mass is 32.2. The van der Waals surface area contributed by atoms with Crippen LogP contribution in [0.2, 0.25) is 0 Å². The first-order valence-electron chi connectivity index (χ1n) is 5.72. The lowest BCUT2D eigenvalue weighted by molar-refractivity contribution is -0.150. The maximum atomic E-state index is 11.3. The summed E-state index contributed by atoms with van der Waals surface area (Å²) in [7, 11) is 0. The van der Waals surface area contributed by atoms with E-state index < -0.39 is 12.1 Å². The highest BCUT2D eigenvalue weighted by Crippen LogP contribution is 2.16. The monoisotopic (exact) mass is 275 g/mol. The zero-order valence-electron chi connectivity index (χ0n) is 10.4. The SMILES string of the molecule is CCOC(CCSc1n[nH]c(=O)n1CC)C(=O)O. The van der Waals surface area contributed by atoms with Gasteiger partial charge in [0.1, 0.15) is 0 Å². The fourth-order valence-electron chi connectivity index (χ4n) is 1.43. The lowest BCUT2D eigenvalue weighted by Crippen LogP contribution is -2.24. The Hall–Kier alpha value is -1.28. The molecule has 8 heteroatoms. The summed E-state index contributed by atoms with van der Waals surface area (Å²) in [6.45, 7) is 4.50. The number of carboxylic acid groups (broad SMARTS) is 1. The Bertz CT molecular complexity index is 443. The molecular weight excluding hydrogens is 258 g/mol. The maximum Gasteiger partial charge on any atom is 0.343 e. The predicted octanol–water partition coefficient (Wildman–Crippen LogP) is 0.563. The minimum Gasteiger partial charge on any atom is -0.479 e. The van der Waals surface area contributed by atoms with Gasteiger partial charge < -0.3 is 9.84 Å². The maximum absolute atomic E-state index is 11.3. The largest absolute Gasteiger partial charge is 0.479 e. The molecule has 0 fully saturated rings. The Kier molecular flexibility index (Phi) is 5.93. The molecule has 1 unspecified atom stereocenters. The van der Waals surface area contributed by atoms with Crippen LogP contribution >= 0.6 is 11.8 Å². The second-order valence-electron chi connectivity index (χ2n) is 3.47. The van der Waals surface area contributed by atoms with E-state index in [0.717, 1.165) is 0 Å². The Balaban J connectivity index is 2.49. The highest BCUT2D eigenvalue weighted by Gasteiger charge is 2.17. The second kappa shape index (κ2) is 7.22. The van der Waals surface area contributed by atoms with Crippen LogP contribution in [0.5, 0.6) is 0 Å². The van der Waals surface area contributed by atoms with Gasteiger partial charge in [0.25, 0.3) is 0 Å². The lowest BCUT2D eigenvalue weighted by atomic mass is 10.3. The molecule has 0 amide bonds. The molecule has 18 heavy (non-hydrogen) atoms. The first-order valence-corrected chi connectivity index (χ1v) is 6.71. The molecule has 0 saturated carbocycles. The van der Waals surface area contributed by atoms with Gasteiger partial charge in [-0.15, -0.1) is 5.10 Å². The standard InChI is InChI=1S/C10H17N3O4S/c1-3-13-9(16)11-12-10(13)18-6-5-7(8(14)15)17-4-2/h7H,3-6H2,1-2H3,(H,11,16)(H,14,15).